The minimum atomic E-state index is -0.770. The predicted molar refractivity (Wildman–Crippen MR) is 73.0 cm³/mol. The molecular formula is C13H25N3O3. The average molecular weight is 271 g/mol. The zero-order chi connectivity index (χ0) is 14.5. The summed E-state index contributed by atoms with van der Waals surface area (Å²) >= 11 is 0. The molecule has 1 aliphatic rings. The van der Waals surface area contributed by atoms with E-state index >= 15 is 0 Å². The lowest BCUT2D eigenvalue weighted by Crippen LogP contribution is -2.52. The van der Waals surface area contributed by atoms with Crippen LogP contribution in [0.1, 0.15) is 27.2 Å². The van der Waals surface area contributed by atoms with Gasteiger partial charge in [0, 0.05) is 38.3 Å². The Bertz CT molecular complexity index is 318. The largest absolute Gasteiger partial charge is 0.481 e. The highest BCUT2D eigenvalue weighted by atomic mass is 16.4. The van der Waals surface area contributed by atoms with Crippen LogP contribution in [0.4, 0.5) is 0 Å². The summed E-state index contributed by atoms with van der Waals surface area (Å²) in [7, 11) is 0. The Labute approximate surface area is 114 Å². The van der Waals surface area contributed by atoms with Gasteiger partial charge in [-0.15, -0.1) is 0 Å². The summed E-state index contributed by atoms with van der Waals surface area (Å²) in [5, 5.41) is 11.8. The maximum absolute atomic E-state index is 12.0. The zero-order valence-corrected chi connectivity index (χ0v) is 12.1. The van der Waals surface area contributed by atoms with Crippen molar-refractivity contribution in [2.75, 3.05) is 39.3 Å². The van der Waals surface area contributed by atoms with Gasteiger partial charge in [0.25, 0.3) is 0 Å². The van der Waals surface area contributed by atoms with Crippen LogP contribution in [0.5, 0.6) is 0 Å². The first-order valence-corrected chi connectivity index (χ1v) is 6.75. The number of carboxylic acids is 1. The fourth-order valence-corrected chi connectivity index (χ4v) is 1.93. The molecule has 0 aromatic rings. The number of carboxylic acid groups (broad SMARTS) is 1. The molecule has 1 fully saturated rings. The quantitative estimate of drug-likeness (QED) is 0.736. The summed E-state index contributed by atoms with van der Waals surface area (Å²) in [4.78, 5) is 26.4. The first kappa shape index (κ1) is 15.9. The molecule has 1 heterocycles. The van der Waals surface area contributed by atoms with Gasteiger partial charge in [0.2, 0.25) is 5.91 Å². The lowest BCUT2D eigenvalue weighted by Gasteiger charge is -2.35. The minimum absolute atomic E-state index is 0.0566. The van der Waals surface area contributed by atoms with Crippen LogP contribution in [-0.2, 0) is 9.59 Å². The molecule has 1 saturated heterocycles. The molecule has 1 rings (SSSR count). The van der Waals surface area contributed by atoms with Crippen molar-refractivity contribution in [1.29, 1.82) is 0 Å². The lowest BCUT2D eigenvalue weighted by atomic mass is 10.1. The molecule has 6 nitrogen and oxygen atoms in total. The van der Waals surface area contributed by atoms with Crippen LogP contribution in [0.2, 0.25) is 0 Å². The van der Waals surface area contributed by atoms with E-state index in [4.69, 9.17) is 5.11 Å². The van der Waals surface area contributed by atoms with Crippen molar-refractivity contribution in [3.05, 3.63) is 0 Å². The van der Waals surface area contributed by atoms with Crippen LogP contribution in [0.25, 0.3) is 0 Å². The predicted octanol–water partition coefficient (Wildman–Crippen LogP) is -0.00660. The standard InChI is InChI=1S/C13H25N3O3/c1-13(2,3)14-10-11(17)16-8-6-15(7-9-16)5-4-12(18)19/h14H,4-10H2,1-3H3,(H,18,19). The van der Waals surface area contributed by atoms with Crippen molar-refractivity contribution < 1.29 is 14.7 Å². The second-order valence-electron chi connectivity index (χ2n) is 5.97. The van der Waals surface area contributed by atoms with Gasteiger partial charge < -0.3 is 15.3 Å². The van der Waals surface area contributed by atoms with Crippen molar-refractivity contribution in [1.82, 2.24) is 15.1 Å². The number of rotatable bonds is 5. The smallest absolute Gasteiger partial charge is 0.304 e. The molecule has 0 saturated carbocycles. The minimum Gasteiger partial charge on any atom is -0.481 e. The summed E-state index contributed by atoms with van der Waals surface area (Å²) in [5.41, 5.74) is -0.0566. The van der Waals surface area contributed by atoms with E-state index in [1.54, 1.807) is 0 Å². The van der Waals surface area contributed by atoms with Gasteiger partial charge in [-0.3, -0.25) is 14.5 Å². The first-order chi connectivity index (χ1) is 8.78. The molecule has 0 aliphatic carbocycles. The third-order valence-electron chi connectivity index (χ3n) is 3.14. The molecule has 0 aromatic carbocycles. The molecule has 19 heavy (non-hydrogen) atoms. The Hall–Kier alpha value is -1.14. The van der Waals surface area contributed by atoms with Gasteiger partial charge >= 0.3 is 5.97 Å². The van der Waals surface area contributed by atoms with E-state index in [9.17, 15) is 9.59 Å². The van der Waals surface area contributed by atoms with Gasteiger partial charge in [-0.1, -0.05) is 0 Å². The SMILES string of the molecule is CC(C)(C)NCC(=O)N1CCN(CCC(=O)O)CC1. The zero-order valence-electron chi connectivity index (χ0n) is 12.1. The highest BCUT2D eigenvalue weighted by Gasteiger charge is 2.22. The molecule has 6 heteroatoms. The Morgan fingerprint density at radius 1 is 1.16 bits per heavy atom. The van der Waals surface area contributed by atoms with Crippen molar-refractivity contribution in [2.24, 2.45) is 0 Å². The molecule has 2 N–H and O–H groups in total. The van der Waals surface area contributed by atoms with Crippen LogP contribution >= 0.6 is 0 Å². The number of nitrogens with zero attached hydrogens (tertiary/aromatic N) is 2. The van der Waals surface area contributed by atoms with Gasteiger partial charge in [0.05, 0.1) is 13.0 Å². The summed E-state index contributed by atoms with van der Waals surface area (Å²) in [6, 6.07) is 0. The van der Waals surface area contributed by atoms with Crippen LogP contribution in [0, 0.1) is 0 Å². The van der Waals surface area contributed by atoms with Crippen LogP contribution in [0.3, 0.4) is 0 Å². The lowest BCUT2D eigenvalue weighted by molar-refractivity contribution is -0.138. The van der Waals surface area contributed by atoms with E-state index in [-0.39, 0.29) is 17.9 Å². The Kier molecular flexibility index (Phi) is 5.75. The number of amides is 1. The summed E-state index contributed by atoms with van der Waals surface area (Å²) in [6.07, 6.45) is 0.166. The molecular weight excluding hydrogens is 246 g/mol. The Morgan fingerprint density at radius 3 is 2.21 bits per heavy atom. The number of piperazine rings is 1. The number of hydrogen-bond donors (Lipinski definition) is 2. The number of hydrogen-bond acceptors (Lipinski definition) is 4. The molecule has 110 valence electrons. The maximum Gasteiger partial charge on any atom is 0.304 e. The van der Waals surface area contributed by atoms with Crippen molar-refractivity contribution >= 4 is 11.9 Å². The molecule has 0 aromatic heterocycles. The van der Waals surface area contributed by atoms with E-state index in [2.05, 4.69) is 10.2 Å². The van der Waals surface area contributed by atoms with Gasteiger partial charge in [-0.05, 0) is 20.8 Å². The van der Waals surface area contributed by atoms with Crippen molar-refractivity contribution in [2.45, 2.75) is 32.7 Å². The fraction of sp³-hybridized carbons (Fsp3) is 0.846. The van der Waals surface area contributed by atoms with E-state index in [1.807, 2.05) is 25.7 Å². The number of carbonyl (C=O) groups excluding carboxylic acids is 1. The molecule has 0 bridgehead atoms. The van der Waals surface area contributed by atoms with Gasteiger partial charge in [0.1, 0.15) is 0 Å². The second kappa shape index (κ2) is 6.86. The third-order valence-corrected chi connectivity index (χ3v) is 3.14. The van der Waals surface area contributed by atoms with E-state index in [0.29, 0.717) is 26.2 Å². The summed E-state index contributed by atoms with van der Waals surface area (Å²) in [5.74, 6) is -0.652. The molecule has 1 amide bonds. The Morgan fingerprint density at radius 2 is 1.74 bits per heavy atom. The van der Waals surface area contributed by atoms with Crippen LogP contribution in [0.15, 0.2) is 0 Å². The maximum atomic E-state index is 12.0. The third kappa shape index (κ3) is 6.54. The van der Waals surface area contributed by atoms with E-state index in [0.717, 1.165) is 13.1 Å². The van der Waals surface area contributed by atoms with Gasteiger partial charge in [-0.2, -0.15) is 0 Å². The van der Waals surface area contributed by atoms with Gasteiger partial charge in [-0.25, -0.2) is 0 Å². The highest BCUT2D eigenvalue weighted by Crippen LogP contribution is 2.04. The molecule has 0 unspecified atom stereocenters. The highest BCUT2D eigenvalue weighted by molar-refractivity contribution is 5.78. The van der Waals surface area contributed by atoms with Crippen molar-refractivity contribution in [3.63, 3.8) is 0 Å². The van der Waals surface area contributed by atoms with Crippen molar-refractivity contribution in [3.8, 4) is 0 Å². The van der Waals surface area contributed by atoms with Gasteiger partial charge in [0.15, 0.2) is 0 Å². The molecule has 0 spiro atoms. The molecule has 0 radical (unpaired) electrons. The normalized spacial score (nSPS) is 17.5. The van der Waals surface area contributed by atoms with E-state index in [1.165, 1.54) is 0 Å². The number of aliphatic carboxylic acids is 1. The molecule has 0 atom stereocenters. The number of nitrogens with one attached hydrogen (secondary N) is 1. The second-order valence-corrected chi connectivity index (χ2v) is 5.97. The van der Waals surface area contributed by atoms with Crippen LogP contribution in [-0.4, -0.2) is 71.6 Å². The summed E-state index contributed by atoms with van der Waals surface area (Å²) in [6.45, 7) is 9.91. The molecule has 1 aliphatic heterocycles. The van der Waals surface area contributed by atoms with E-state index < -0.39 is 5.97 Å². The Balaban J connectivity index is 2.25. The number of carbonyl (C=O) groups is 2. The van der Waals surface area contributed by atoms with Crippen LogP contribution < -0.4 is 5.32 Å². The summed E-state index contributed by atoms with van der Waals surface area (Å²) < 4.78 is 0. The topological polar surface area (TPSA) is 72.9 Å². The monoisotopic (exact) mass is 271 g/mol. The first-order valence-electron chi connectivity index (χ1n) is 6.75. The fourth-order valence-electron chi connectivity index (χ4n) is 1.93. The average Bonchev–Trinajstić information content (AvgIpc) is 2.33.